The Hall–Kier alpha value is -3.89. The first kappa shape index (κ1) is 19.1. The zero-order valence-electron chi connectivity index (χ0n) is 16.9. The standard InChI is InChI=1S/C27H20N2O2/c30-26(19-8-2-1-3-9-19)20-13-15-21(16-14-20)27(31)28-25-23-11-5-4-10-22(23)18-29-17-7-6-12-24(25)29/h1-17,24H,18H2/p+1/t24-/m0/s1. The van der Waals surface area contributed by atoms with E-state index in [-0.39, 0.29) is 17.7 Å². The Bertz CT molecular complexity index is 1240. The molecule has 1 amide bonds. The van der Waals surface area contributed by atoms with Gasteiger partial charge in [0.05, 0.1) is 6.20 Å². The Morgan fingerprint density at radius 2 is 1.45 bits per heavy atom. The van der Waals surface area contributed by atoms with E-state index in [0.29, 0.717) is 16.7 Å². The molecule has 2 atom stereocenters. The van der Waals surface area contributed by atoms with E-state index in [1.807, 2.05) is 48.6 Å². The fourth-order valence-electron chi connectivity index (χ4n) is 4.15. The third-order valence-electron chi connectivity index (χ3n) is 5.76. The van der Waals surface area contributed by atoms with Crippen LogP contribution in [0.2, 0.25) is 0 Å². The summed E-state index contributed by atoms with van der Waals surface area (Å²) in [6.07, 6.45) is 8.25. The Kier molecular flexibility index (Phi) is 4.98. The van der Waals surface area contributed by atoms with E-state index in [0.717, 1.165) is 17.8 Å². The average molecular weight is 405 g/mol. The van der Waals surface area contributed by atoms with Gasteiger partial charge in [-0.3, -0.25) is 14.5 Å². The Morgan fingerprint density at radius 3 is 2.26 bits per heavy atom. The van der Waals surface area contributed by atoms with E-state index in [1.165, 1.54) is 10.5 Å². The Labute approximate surface area is 180 Å². The van der Waals surface area contributed by atoms with Gasteiger partial charge in [-0.15, -0.1) is 0 Å². The summed E-state index contributed by atoms with van der Waals surface area (Å²) in [6, 6.07) is 24.0. The maximum absolute atomic E-state index is 13.0. The molecule has 3 aromatic carbocycles. The molecule has 4 nitrogen and oxygen atoms in total. The summed E-state index contributed by atoms with van der Waals surface area (Å²) in [5.74, 6) is -0.363. The fourth-order valence-corrected chi connectivity index (χ4v) is 4.15. The topological polar surface area (TPSA) is 50.9 Å². The predicted octanol–water partition coefficient (Wildman–Crippen LogP) is 3.40. The Balaban J connectivity index is 1.45. The number of allylic oxidation sites excluding steroid dienone is 2. The summed E-state index contributed by atoms with van der Waals surface area (Å²) < 4.78 is 0. The SMILES string of the molecule is O=C(N=C1c2ccccc2C[NH+]2C=CC=C[C@@H]12)c1ccc(C(=O)c2ccccc2)cc1. The zero-order valence-corrected chi connectivity index (χ0v) is 16.9. The minimum Gasteiger partial charge on any atom is -0.294 e. The summed E-state index contributed by atoms with van der Waals surface area (Å²) >= 11 is 0. The van der Waals surface area contributed by atoms with Crippen LogP contribution in [0.15, 0.2) is 108 Å². The third kappa shape index (κ3) is 3.69. The summed E-state index contributed by atoms with van der Waals surface area (Å²) in [5.41, 5.74) is 4.64. The zero-order chi connectivity index (χ0) is 21.2. The van der Waals surface area contributed by atoms with Crippen LogP contribution in [-0.4, -0.2) is 23.4 Å². The highest BCUT2D eigenvalue weighted by Crippen LogP contribution is 2.18. The van der Waals surface area contributed by atoms with Crippen LogP contribution in [0.1, 0.15) is 37.4 Å². The smallest absolute Gasteiger partial charge is 0.277 e. The molecule has 0 aromatic heterocycles. The second kappa shape index (κ2) is 8.09. The molecule has 2 heterocycles. The number of amides is 1. The van der Waals surface area contributed by atoms with E-state index >= 15 is 0 Å². The van der Waals surface area contributed by atoms with Crippen LogP contribution in [0, 0.1) is 0 Å². The van der Waals surface area contributed by atoms with E-state index in [9.17, 15) is 9.59 Å². The van der Waals surface area contributed by atoms with Crippen molar-refractivity contribution in [1.29, 1.82) is 0 Å². The van der Waals surface area contributed by atoms with Crippen LogP contribution in [-0.2, 0) is 6.54 Å². The lowest BCUT2D eigenvalue weighted by Crippen LogP contribution is -3.12. The number of benzene rings is 3. The molecule has 0 saturated carbocycles. The van der Waals surface area contributed by atoms with Crippen LogP contribution in [0.4, 0.5) is 0 Å². The monoisotopic (exact) mass is 405 g/mol. The Morgan fingerprint density at radius 1 is 0.774 bits per heavy atom. The second-order valence-electron chi connectivity index (χ2n) is 7.71. The van der Waals surface area contributed by atoms with Crippen LogP contribution in [0.25, 0.3) is 0 Å². The van der Waals surface area contributed by atoms with Gasteiger partial charge < -0.3 is 0 Å². The number of fused-ring (bicyclic) bond motifs is 2. The molecule has 0 fully saturated rings. The predicted molar refractivity (Wildman–Crippen MR) is 120 cm³/mol. The first-order valence-electron chi connectivity index (χ1n) is 10.3. The lowest BCUT2D eigenvalue weighted by molar-refractivity contribution is -0.872. The van der Waals surface area contributed by atoms with Gasteiger partial charge >= 0.3 is 0 Å². The van der Waals surface area contributed by atoms with E-state index in [1.54, 1.807) is 36.4 Å². The first-order chi connectivity index (χ1) is 15.2. The summed E-state index contributed by atoms with van der Waals surface area (Å²) in [7, 11) is 0. The number of ketones is 1. The van der Waals surface area contributed by atoms with E-state index in [4.69, 9.17) is 0 Å². The van der Waals surface area contributed by atoms with Gasteiger partial charge in [-0.25, -0.2) is 4.99 Å². The van der Waals surface area contributed by atoms with Crippen molar-refractivity contribution in [2.24, 2.45) is 4.99 Å². The van der Waals surface area contributed by atoms with E-state index < -0.39 is 0 Å². The number of hydrogen-bond acceptors (Lipinski definition) is 2. The largest absolute Gasteiger partial charge is 0.294 e. The molecular weight excluding hydrogens is 384 g/mol. The number of nitrogens with one attached hydrogen (secondary N) is 1. The van der Waals surface area contributed by atoms with Gasteiger partial charge in [0.1, 0.15) is 12.3 Å². The van der Waals surface area contributed by atoms with Gasteiger partial charge in [0, 0.05) is 27.8 Å². The molecule has 5 rings (SSSR count). The highest BCUT2D eigenvalue weighted by atomic mass is 16.1. The third-order valence-corrected chi connectivity index (χ3v) is 5.76. The molecule has 2 aliphatic heterocycles. The molecule has 0 aliphatic carbocycles. The quantitative estimate of drug-likeness (QED) is 0.679. The molecule has 0 bridgehead atoms. The highest BCUT2D eigenvalue weighted by molar-refractivity contribution is 6.14. The van der Waals surface area contributed by atoms with Crippen LogP contribution in [0.3, 0.4) is 0 Å². The minimum atomic E-state index is -0.298. The maximum atomic E-state index is 13.0. The number of carbonyl (C=O) groups is 2. The molecule has 0 saturated heterocycles. The number of hydrogen-bond donors (Lipinski definition) is 1. The number of rotatable bonds is 3. The summed E-state index contributed by atoms with van der Waals surface area (Å²) in [6.45, 7) is 0.866. The van der Waals surface area contributed by atoms with Crippen molar-refractivity contribution in [3.63, 3.8) is 0 Å². The average Bonchev–Trinajstić information content (AvgIpc) is 2.84. The molecule has 3 aromatic rings. The second-order valence-corrected chi connectivity index (χ2v) is 7.71. The summed E-state index contributed by atoms with van der Waals surface area (Å²) in [5, 5.41) is 0. The fraction of sp³-hybridized carbons (Fsp3) is 0.0741. The number of carbonyl (C=O) groups excluding carboxylic acids is 2. The van der Waals surface area contributed by atoms with Gasteiger partial charge in [0.2, 0.25) is 0 Å². The minimum absolute atomic E-state index is 0.0165. The highest BCUT2D eigenvalue weighted by Gasteiger charge is 2.34. The molecule has 4 heteroatoms. The van der Waals surface area contributed by atoms with Crippen molar-refractivity contribution < 1.29 is 14.5 Å². The number of nitrogens with zero attached hydrogens (tertiary/aromatic N) is 1. The van der Waals surface area contributed by atoms with Crippen LogP contribution >= 0.6 is 0 Å². The van der Waals surface area contributed by atoms with Crippen LogP contribution < -0.4 is 4.90 Å². The molecule has 150 valence electrons. The molecule has 0 radical (unpaired) electrons. The van der Waals surface area contributed by atoms with Gasteiger partial charge in [-0.05, 0) is 24.3 Å². The van der Waals surface area contributed by atoms with Gasteiger partial charge in [-0.2, -0.15) is 0 Å². The van der Waals surface area contributed by atoms with Crippen molar-refractivity contribution >= 4 is 17.4 Å². The van der Waals surface area contributed by atoms with Crippen molar-refractivity contribution in [3.8, 4) is 0 Å². The van der Waals surface area contributed by atoms with Gasteiger partial charge in [0.15, 0.2) is 11.8 Å². The molecule has 2 aliphatic rings. The maximum Gasteiger partial charge on any atom is 0.277 e. The molecule has 1 N–H and O–H groups in total. The van der Waals surface area contributed by atoms with Crippen molar-refractivity contribution in [2.75, 3.05) is 0 Å². The molecular formula is C27H21N2O2+. The lowest BCUT2D eigenvalue weighted by atomic mass is 9.90. The van der Waals surface area contributed by atoms with Crippen LogP contribution in [0.5, 0.6) is 0 Å². The normalized spacial score (nSPS) is 20.2. The van der Waals surface area contributed by atoms with Crippen molar-refractivity contribution in [3.05, 3.63) is 131 Å². The number of quaternary nitrogens is 1. The number of aliphatic imine (C=N–C) groups is 1. The lowest BCUT2D eigenvalue weighted by Gasteiger charge is -2.31. The molecule has 0 spiro atoms. The molecule has 1 unspecified atom stereocenters. The van der Waals surface area contributed by atoms with E-state index in [2.05, 4.69) is 23.3 Å². The van der Waals surface area contributed by atoms with Crippen molar-refractivity contribution in [2.45, 2.75) is 12.6 Å². The van der Waals surface area contributed by atoms with Gasteiger partial charge in [0.25, 0.3) is 5.91 Å². The first-order valence-corrected chi connectivity index (χ1v) is 10.3. The van der Waals surface area contributed by atoms with Crippen molar-refractivity contribution in [1.82, 2.24) is 0 Å². The summed E-state index contributed by atoms with van der Waals surface area (Å²) in [4.78, 5) is 31.4. The van der Waals surface area contributed by atoms with Gasteiger partial charge in [-0.1, -0.05) is 72.8 Å². The molecule has 31 heavy (non-hydrogen) atoms.